The highest BCUT2D eigenvalue weighted by Crippen LogP contribution is 2.25. The number of aromatic nitrogens is 1. The third-order valence-corrected chi connectivity index (χ3v) is 3.82. The van der Waals surface area contributed by atoms with E-state index in [0.717, 1.165) is 50.8 Å². The number of hydrogen-bond donors (Lipinski definition) is 1. The van der Waals surface area contributed by atoms with E-state index in [0.29, 0.717) is 5.92 Å². The van der Waals surface area contributed by atoms with E-state index in [9.17, 15) is 0 Å². The molecule has 0 unspecified atom stereocenters. The molecule has 0 aromatic carbocycles. The van der Waals surface area contributed by atoms with Crippen LogP contribution in [0.2, 0.25) is 0 Å². The molecule has 0 saturated carbocycles. The summed E-state index contributed by atoms with van der Waals surface area (Å²) in [5.74, 6) is 1.34. The van der Waals surface area contributed by atoms with E-state index in [-0.39, 0.29) is 5.41 Å². The van der Waals surface area contributed by atoms with Gasteiger partial charge in [-0.3, -0.25) is 0 Å². The minimum Gasteiger partial charge on any atom is -0.477 e. The van der Waals surface area contributed by atoms with Gasteiger partial charge in [-0.05, 0) is 37.4 Å². The van der Waals surface area contributed by atoms with E-state index in [4.69, 9.17) is 14.5 Å². The molecule has 0 amide bonds. The Bertz CT molecular complexity index is 449. The van der Waals surface area contributed by atoms with Crippen molar-refractivity contribution in [1.82, 2.24) is 10.3 Å². The average molecular weight is 292 g/mol. The summed E-state index contributed by atoms with van der Waals surface area (Å²) < 4.78 is 11.4. The first-order chi connectivity index (χ1) is 9.99. The van der Waals surface area contributed by atoms with Crippen LogP contribution < -0.4 is 10.1 Å². The first kappa shape index (κ1) is 16.2. The predicted molar refractivity (Wildman–Crippen MR) is 84.7 cm³/mol. The number of nitrogens with one attached hydrogen (secondary N) is 1. The molecule has 0 atom stereocenters. The Labute approximate surface area is 128 Å². The van der Waals surface area contributed by atoms with Crippen molar-refractivity contribution in [2.45, 2.75) is 45.6 Å². The molecule has 1 fully saturated rings. The van der Waals surface area contributed by atoms with Crippen LogP contribution in [0.15, 0.2) is 12.1 Å². The number of ether oxygens (including phenoxy) is 2. The molecule has 1 aliphatic rings. The summed E-state index contributed by atoms with van der Waals surface area (Å²) in [6, 6.07) is 4.21. The van der Waals surface area contributed by atoms with Crippen molar-refractivity contribution in [3.8, 4) is 5.88 Å². The molecule has 0 radical (unpaired) electrons. The fraction of sp³-hybridized carbons (Fsp3) is 0.706. The van der Waals surface area contributed by atoms with E-state index in [1.54, 1.807) is 0 Å². The van der Waals surface area contributed by atoms with Gasteiger partial charge in [-0.15, -0.1) is 0 Å². The summed E-state index contributed by atoms with van der Waals surface area (Å²) in [4.78, 5) is 4.69. The second kappa shape index (κ2) is 7.23. The molecule has 1 saturated heterocycles. The molecule has 0 spiro atoms. The van der Waals surface area contributed by atoms with Gasteiger partial charge in [0.05, 0.1) is 12.3 Å². The summed E-state index contributed by atoms with van der Waals surface area (Å²) in [6.07, 6.45) is 2.17. The molecular formula is C17H28N2O2. The largest absolute Gasteiger partial charge is 0.477 e. The van der Waals surface area contributed by atoms with Crippen LogP contribution in [0, 0.1) is 5.92 Å². The third-order valence-electron chi connectivity index (χ3n) is 3.82. The molecule has 4 nitrogen and oxygen atoms in total. The quantitative estimate of drug-likeness (QED) is 0.906. The zero-order valence-electron chi connectivity index (χ0n) is 13.7. The minimum absolute atomic E-state index is 0.0283. The van der Waals surface area contributed by atoms with Crippen LogP contribution in [0.25, 0.3) is 0 Å². The Morgan fingerprint density at radius 3 is 2.62 bits per heavy atom. The monoisotopic (exact) mass is 292 g/mol. The van der Waals surface area contributed by atoms with Crippen molar-refractivity contribution in [3.63, 3.8) is 0 Å². The van der Waals surface area contributed by atoms with Crippen molar-refractivity contribution in [2.24, 2.45) is 5.92 Å². The van der Waals surface area contributed by atoms with E-state index < -0.39 is 0 Å². The van der Waals surface area contributed by atoms with Gasteiger partial charge in [-0.25, -0.2) is 4.98 Å². The Hall–Kier alpha value is -1.13. The van der Waals surface area contributed by atoms with Gasteiger partial charge in [0.2, 0.25) is 5.88 Å². The molecule has 1 N–H and O–H groups in total. The van der Waals surface area contributed by atoms with Crippen LogP contribution in [-0.2, 0) is 16.7 Å². The fourth-order valence-corrected chi connectivity index (χ4v) is 2.44. The Balaban J connectivity index is 2.07. The SMILES string of the molecule is CNCc1cc(OCC2CCOCC2)nc(C(C)(C)C)c1. The molecule has 2 rings (SSSR count). The van der Waals surface area contributed by atoms with Crippen LogP contribution in [0.3, 0.4) is 0 Å². The second-order valence-corrected chi connectivity index (χ2v) is 6.85. The first-order valence-electron chi connectivity index (χ1n) is 7.85. The third kappa shape index (κ3) is 4.97. The molecule has 1 aromatic rings. The standard InChI is InChI=1S/C17H28N2O2/c1-17(2,3)15-9-14(11-18-4)10-16(19-15)21-12-13-5-7-20-8-6-13/h9-10,13,18H,5-8,11-12H2,1-4H3. The lowest BCUT2D eigenvalue weighted by molar-refractivity contribution is 0.0489. The van der Waals surface area contributed by atoms with E-state index in [1.165, 1.54) is 5.56 Å². The molecule has 4 heteroatoms. The van der Waals surface area contributed by atoms with Crippen molar-refractivity contribution < 1.29 is 9.47 Å². The van der Waals surface area contributed by atoms with Gasteiger partial charge < -0.3 is 14.8 Å². The van der Waals surface area contributed by atoms with Gasteiger partial charge in [0.15, 0.2) is 0 Å². The summed E-state index contributed by atoms with van der Waals surface area (Å²) in [6.45, 7) is 9.83. The fourth-order valence-electron chi connectivity index (χ4n) is 2.44. The molecule has 2 heterocycles. The summed E-state index contributed by atoms with van der Waals surface area (Å²) in [5.41, 5.74) is 2.33. The summed E-state index contributed by atoms with van der Waals surface area (Å²) >= 11 is 0. The van der Waals surface area contributed by atoms with Gasteiger partial charge in [0.1, 0.15) is 0 Å². The lowest BCUT2D eigenvalue weighted by Crippen LogP contribution is -2.22. The molecule has 1 aliphatic heterocycles. The highest BCUT2D eigenvalue weighted by Gasteiger charge is 2.19. The Kier molecular flexibility index (Phi) is 5.59. The minimum atomic E-state index is 0.0283. The normalized spacial score (nSPS) is 17.0. The molecule has 0 aliphatic carbocycles. The number of rotatable bonds is 5. The first-order valence-corrected chi connectivity index (χ1v) is 7.85. The Morgan fingerprint density at radius 2 is 2.00 bits per heavy atom. The topological polar surface area (TPSA) is 43.4 Å². The highest BCUT2D eigenvalue weighted by atomic mass is 16.5. The molecule has 21 heavy (non-hydrogen) atoms. The van der Waals surface area contributed by atoms with E-state index in [2.05, 4.69) is 32.2 Å². The highest BCUT2D eigenvalue weighted by molar-refractivity contribution is 5.28. The van der Waals surface area contributed by atoms with E-state index in [1.807, 2.05) is 13.1 Å². The van der Waals surface area contributed by atoms with Crippen molar-refractivity contribution in [3.05, 3.63) is 23.4 Å². The number of hydrogen-bond acceptors (Lipinski definition) is 4. The maximum absolute atomic E-state index is 5.97. The maximum Gasteiger partial charge on any atom is 0.213 e. The number of pyridine rings is 1. The van der Waals surface area contributed by atoms with Gasteiger partial charge >= 0.3 is 0 Å². The van der Waals surface area contributed by atoms with Crippen molar-refractivity contribution in [2.75, 3.05) is 26.9 Å². The zero-order chi connectivity index (χ0) is 15.3. The molecule has 118 valence electrons. The smallest absolute Gasteiger partial charge is 0.213 e. The van der Waals surface area contributed by atoms with Gasteiger partial charge in [-0.1, -0.05) is 20.8 Å². The second-order valence-electron chi connectivity index (χ2n) is 6.85. The molecular weight excluding hydrogens is 264 g/mol. The predicted octanol–water partition coefficient (Wildman–Crippen LogP) is 2.90. The van der Waals surface area contributed by atoms with E-state index >= 15 is 0 Å². The van der Waals surface area contributed by atoms with Gasteiger partial charge in [-0.2, -0.15) is 0 Å². The number of nitrogens with zero attached hydrogens (tertiary/aromatic N) is 1. The van der Waals surface area contributed by atoms with Crippen LogP contribution >= 0.6 is 0 Å². The van der Waals surface area contributed by atoms with Crippen molar-refractivity contribution in [1.29, 1.82) is 0 Å². The lowest BCUT2D eigenvalue weighted by atomic mass is 9.91. The molecule has 0 bridgehead atoms. The Morgan fingerprint density at radius 1 is 1.29 bits per heavy atom. The van der Waals surface area contributed by atoms with Crippen LogP contribution in [0.5, 0.6) is 5.88 Å². The van der Waals surface area contributed by atoms with Gasteiger partial charge in [0.25, 0.3) is 0 Å². The average Bonchev–Trinajstić information content (AvgIpc) is 2.45. The maximum atomic E-state index is 5.97. The van der Waals surface area contributed by atoms with Crippen LogP contribution in [0.4, 0.5) is 0 Å². The molecule has 1 aromatic heterocycles. The van der Waals surface area contributed by atoms with Crippen molar-refractivity contribution >= 4 is 0 Å². The summed E-state index contributed by atoms with van der Waals surface area (Å²) in [5, 5.41) is 3.20. The lowest BCUT2D eigenvalue weighted by Gasteiger charge is -2.23. The van der Waals surface area contributed by atoms with Gasteiger partial charge in [0, 0.05) is 31.2 Å². The van der Waals surface area contributed by atoms with Crippen LogP contribution in [-0.4, -0.2) is 31.9 Å². The summed E-state index contributed by atoms with van der Waals surface area (Å²) in [7, 11) is 1.96. The zero-order valence-corrected chi connectivity index (χ0v) is 13.7. The van der Waals surface area contributed by atoms with Crippen LogP contribution in [0.1, 0.15) is 44.9 Å².